The van der Waals surface area contributed by atoms with Crippen LogP contribution in [0.3, 0.4) is 0 Å². The van der Waals surface area contributed by atoms with Gasteiger partial charge in [-0.1, -0.05) is 11.6 Å². The van der Waals surface area contributed by atoms with E-state index in [1.165, 1.54) is 12.3 Å². The summed E-state index contributed by atoms with van der Waals surface area (Å²) in [7, 11) is 0. The van der Waals surface area contributed by atoms with Crippen molar-refractivity contribution in [2.24, 2.45) is 0 Å². The standard InChI is InChI=1S/C13H9ClF2N2O/c14-8-4-11(13(17)18-6-8)12(19)3-7-1-9(15)5-10(16)2-7/h1-2,4-6H,3H2,(H2,17,18). The van der Waals surface area contributed by atoms with Crippen molar-refractivity contribution in [1.29, 1.82) is 0 Å². The van der Waals surface area contributed by atoms with Gasteiger partial charge in [-0.2, -0.15) is 0 Å². The van der Waals surface area contributed by atoms with Crippen molar-refractivity contribution < 1.29 is 13.6 Å². The van der Waals surface area contributed by atoms with Gasteiger partial charge in [0.1, 0.15) is 17.5 Å². The average molecular weight is 283 g/mol. The fourth-order valence-corrected chi connectivity index (χ4v) is 1.82. The third kappa shape index (κ3) is 3.26. The fourth-order valence-electron chi connectivity index (χ4n) is 1.67. The van der Waals surface area contributed by atoms with Crippen molar-refractivity contribution in [3.63, 3.8) is 0 Å². The highest BCUT2D eigenvalue weighted by Crippen LogP contribution is 2.18. The van der Waals surface area contributed by atoms with Crippen molar-refractivity contribution >= 4 is 23.2 Å². The number of rotatable bonds is 3. The Balaban J connectivity index is 2.28. The highest BCUT2D eigenvalue weighted by atomic mass is 35.5. The maximum Gasteiger partial charge on any atom is 0.170 e. The molecule has 1 heterocycles. The zero-order valence-corrected chi connectivity index (χ0v) is 10.4. The van der Waals surface area contributed by atoms with Gasteiger partial charge in [0, 0.05) is 18.7 Å². The highest BCUT2D eigenvalue weighted by Gasteiger charge is 2.13. The fraction of sp³-hybridized carbons (Fsp3) is 0.0769. The molecule has 0 aliphatic heterocycles. The second kappa shape index (κ2) is 5.32. The third-order valence-electron chi connectivity index (χ3n) is 2.47. The van der Waals surface area contributed by atoms with Crippen molar-refractivity contribution in [2.45, 2.75) is 6.42 Å². The quantitative estimate of drug-likeness (QED) is 0.881. The SMILES string of the molecule is Nc1ncc(Cl)cc1C(=O)Cc1cc(F)cc(F)c1. The Morgan fingerprint density at radius 3 is 2.47 bits per heavy atom. The topological polar surface area (TPSA) is 56.0 Å². The molecule has 1 aromatic carbocycles. The zero-order valence-electron chi connectivity index (χ0n) is 9.66. The minimum absolute atomic E-state index is 0.0336. The lowest BCUT2D eigenvalue weighted by molar-refractivity contribution is 0.0993. The number of hydrogen-bond acceptors (Lipinski definition) is 3. The number of carbonyl (C=O) groups excluding carboxylic acids is 1. The molecular formula is C13H9ClF2N2O. The molecule has 98 valence electrons. The van der Waals surface area contributed by atoms with E-state index in [0.717, 1.165) is 18.2 Å². The number of nitrogens with zero attached hydrogens (tertiary/aromatic N) is 1. The molecule has 0 bridgehead atoms. The van der Waals surface area contributed by atoms with Crippen LogP contribution in [0, 0.1) is 11.6 Å². The van der Waals surface area contributed by atoms with E-state index in [1.54, 1.807) is 0 Å². The Morgan fingerprint density at radius 1 is 1.21 bits per heavy atom. The third-order valence-corrected chi connectivity index (χ3v) is 2.68. The minimum atomic E-state index is -0.736. The second-order valence-electron chi connectivity index (χ2n) is 3.96. The Labute approximate surface area is 113 Å². The monoisotopic (exact) mass is 282 g/mol. The van der Waals surface area contributed by atoms with E-state index in [0.29, 0.717) is 0 Å². The van der Waals surface area contributed by atoms with Crippen molar-refractivity contribution in [1.82, 2.24) is 4.98 Å². The zero-order chi connectivity index (χ0) is 14.0. The molecule has 6 heteroatoms. The summed E-state index contributed by atoms with van der Waals surface area (Å²) in [6, 6.07) is 4.30. The summed E-state index contributed by atoms with van der Waals surface area (Å²) < 4.78 is 26.0. The first kappa shape index (κ1) is 13.4. The van der Waals surface area contributed by atoms with Gasteiger partial charge in [-0.3, -0.25) is 4.79 Å². The van der Waals surface area contributed by atoms with Crippen molar-refractivity contribution in [3.8, 4) is 0 Å². The summed E-state index contributed by atoms with van der Waals surface area (Å²) in [5.74, 6) is -1.84. The van der Waals surface area contributed by atoms with E-state index in [2.05, 4.69) is 4.98 Å². The molecule has 3 nitrogen and oxygen atoms in total. The molecule has 0 radical (unpaired) electrons. The molecule has 0 aliphatic rings. The van der Waals surface area contributed by atoms with E-state index < -0.39 is 17.4 Å². The largest absolute Gasteiger partial charge is 0.383 e. The number of benzene rings is 1. The van der Waals surface area contributed by atoms with Crippen LogP contribution in [-0.2, 0) is 6.42 Å². The summed E-state index contributed by atoms with van der Waals surface area (Å²) in [6.07, 6.45) is 1.14. The van der Waals surface area contributed by atoms with Crippen LogP contribution in [0.4, 0.5) is 14.6 Å². The van der Waals surface area contributed by atoms with Crippen LogP contribution in [0.5, 0.6) is 0 Å². The lowest BCUT2D eigenvalue weighted by atomic mass is 10.0. The van der Waals surface area contributed by atoms with Crippen LogP contribution in [-0.4, -0.2) is 10.8 Å². The van der Waals surface area contributed by atoms with Crippen LogP contribution >= 0.6 is 11.6 Å². The first-order valence-corrected chi connectivity index (χ1v) is 5.72. The Kier molecular flexibility index (Phi) is 3.76. The lowest BCUT2D eigenvalue weighted by Crippen LogP contribution is -2.08. The van der Waals surface area contributed by atoms with Crippen molar-refractivity contribution in [2.75, 3.05) is 5.73 Å². The van der Waals surface area contributed by atoms with Crippen LogP contribution < -0.4 is 5.73 Å². The Hall–Kier alpha value is -2.01. The number of ketones is 1. The first-order valence-electron chi connectivity index (χ1n) is 5.35. The molecule has 1 aromatic heterocycles. The van der Waals surface area contributed by atoms with E-state index in [1.807, 2.05) is 0 Å². The summed E-state index contributed by atoms with van der Waals surface area (Å²) in [5.41, 5.74) is 5.93. The number of Topliss-reactive ketones (excluding diaryl/α,β-unsaturated/α-hetero) is 1. The van der Waals surface area contributed by atoms with Gasteiger partial charge in [0.15, 0.2) is 5.78 Å². The minimum Gasteiger partial charge on any atom is -0.383 e. The molecule has 0 fully saturated rings. The predicted octanol–water partition coefficient (Wildman–Crippen LogP) is 3.02. The number of halogens is 3. The van der Waals surface area contributed by atoms with Gasteiger partial charge in [0.2, 0.25) is 0 Å². The molecule has 0 saturated heterocycles. The van der Waals surface area contributed by atoms with Crippen LogP contribution in [0.1, 0.15) is 15.9 Å². The van der Waals surface area contributed by atoms with Gasteiger partial charge in [-0.25, -0.2) is 13.8 Å². The highest BCUT2D eigenvalue weighted by molar-refractivity contribution is 6.31. The number of carbonyl (C=O) groups is 1. The summed E-state index contributed by atoms with van der Waals surface area (Å²) in [5, 5.41) is 0.267. The number of hydrogen-bond donors (Lipinski definition) is 1. The molecule has 0 amide bonds. The lowest BCUT2D eigenvalue weighted by Gasteiger charge is -2.05. The first-order chi connectivity index (χ1) is 8.95. The molecule has 2 N–H and O–H groups in total. The van der Waals surface area contributed by atoms with E-state index in [9.17, 15) is 13.6 Å². The number of pyridine rings is 1. The molecular weight excluding hydrogens is 274 g/mol. The second-order valence-corrected chi connectivity index (χ2v) is 4.40. The van der Waals surface area contributed by atoms with E-state index >= 15 is 0 Å². The molecule has 0 spiro atoms. The van der Waals surface area contributed by atoms with Crippen LogP contribution in [0.15, 0.2) is 30.5 Å². The van der Waals surface area contributed by atoms with Crippen LogP contribution in [0.25, 0.3) is 0 Å². The van der Waals surface area contributed by atoms with Gasteiger partial charge in [-0.05, 0) is 23.8 Å². The molecule has 0 saturated carbocycles. The number of nitrogen functional groups attached to an aromatic ring is 1. The normalized spacial score (nSPS) is 10.5. The molecule has 0 aliphatic carbocycles. The van der Waals surface area contributed by atoms with Crippen LogP contribution in [0.2, 0.25) is 5.02 Å². The summed E-state index contributed by atoms with van der Waals surface area (Å²) in [6.45, 7) is 0. The maximum absolute atomic E-state index is 13.0. The van der Waals surface area contributed by atoms with E-state index in [4.69, 9.17) is 17.3 Å². The molecule has 0 atom stereocenters. The van der Waals surface area contributed by atoms with Crippen molar-refractivity contribution in [3.05, 3.63) is 58.2 Å². The van der Waals surface area contributed by atoms with Gasteiger partial charge in [0.05, 0.1) is 10.6 Å². The molecule has 2 aromatic rings. The van der Waals surface area contributed by atoms with Gasteiger partial charge < -0.3 is 5.73 Å². The Morgan fingerprint density at radius 2 is 1.84 bits per heavy atom. The van der Waals surface area contributed by atoms with Gasteiger partial charge in [0.25, 0.3) is 0 Å². The number of aromatic nitrogens is 1. The summed E-state index contributed by atoms with van der Waals surface area (Å²) in [4.78, 5) is 15.7. The molecule has 0 unspecified atom stereocenters. The van der Waals surface area contributed by atoms with E-state index in [-0.39, 0.29) is 28.4 Å². The smallest absolute Gasteiger partial charge is 0.170 e. The molecule has 2 rings (SSSR count). The molecule has 19 heavy (non-hydrogen) atoms. The average Bonchev–Trinajstić information content (AvgIpc) is 2.30. The number of anilines is 1. The van der Waals surface area contributed by atoms with Gasteiger partial charge in [-0.15, -0.1) is 0 Å². The predicted molar refractivity (Wildman–Crippen MR) is 68.1 cm³/mol. The maximum atomic E-state index is 13.0. The van der Waals surface area contributed by atoms with Gasteiger partial charge >= 0.3 is 0 Å². The number of nitrogens with two attached hydrogens (primary N) is 1. The summed E-state index contributed by atoms with van der Waals surface area (Å²) >= 11 is 5.72. The Bertz CT molecular complexity index is 626.